The van der Waals surface area contributed by atoms with Crippen molar-refractivity contribution in [1.82, 2.24) is 23.1 Å². The highest BCUT2D eigenvalue weighted by atomic mass is 16.3. The molecular formula is C16H23N5O3. The lowest BCUT2D eigenvalue weighted by Gasteiger charge is -2.12. The van der Waals surface area contributed by atoms with E-state index >= 15 is 0 Å². The fraction of sp³-hybridized carbons (Fsp3) is 0.562. The van der Waals surface area contributed by atoms with Gasteiger partial charge in [-0.3, -0.25) is 18.3 Å². The Morgan fingerprint density at radius 3 is 2.67 bits per heavy atom. The van der Waals surface area contributed by atoms with E-state index in [1.807, 2.05) is 13.1 Å². The normalized spacial score (nSPS) is 13.2. The van der Waals surface area contributed by atoms with Crippen LogP contribution in [0.15, 0.2) is 15.8 Å². The third-order valence-corrected chi connectivity index (χ3v) is 4.64. The number of aryl methyl sites for hydroxylation is 2. The first-order valence-corrected chi connectivity index (χ1v) is 8.22. The second kappa shape index (κ2) is 5.94. The minimum absolute atomic E-state index is 0.0705. The largest absolute Gasteiger partial charge is 0.396 e. The molecule has 130 valence electrons. The standard InChI is InChI=1S/C16H23N5O3/c1-5-10(2)21-11(3)9-20-12-13(17-15(20)21)18(4)16(24)19(14(12)23)7-6-8-22/h9-10,22H,5-8H2,1-4H3/t10-/m0/s1. The van der Waals surface area contributed by atoms with Crippen LogP contribution in [0.25, 0.3) is 16.9 Å². The number of hydrogen-bond donors (Lipinski definition) is 1. The highest BCUT2D eigenvalue weighted by Crippen LogP contribution is 2.22. The van der Waals surface area contributed by atoms with E-state index in [4.69, 9.17) is 5.11 Å². The molecule has 0 saturated carbocycles. The van der Waals surface area contributed by atoms with Gasteiger partial charge in [-0.25, -0.2) is 4.79 Å². The molecule has 0 saturated heterocycles. The lowest BCUT2D eigenvalue weighted by atomic mass is 10.2. The molecule has 0 amide bonds. The molecule has 3 aromatic rings. The van der Waals surface area contributed by atoms with E-state index in [1.54, 1.807) is 11.4 Å². The van der Waals surface area contributed by atoms with Gasteiger partial charge in [0.2, 0.25) is 5.78 Å². The Labute approximate surface area is 138 Å². The topological polar surface area (TPSA) is 86.5 Å². The van der Waals surface area contributed by atoms with Crippen LogP contribution in [0, 0.1) is 6.92 Å². The van der Waals surface area contributed by atoms with Crippen molar-refractivity contribution in [3.63, 3.8) is 0 Å². The minimum atomic E-state index is -0.409. The molecule has 0 aliphatic heterocycles. The van der Waals surface area contributed by atoms with Crippen molar-refractivity contribution in [3.05, 3.63) is 32.7 Å². The minimum Gasteiger partial charge on any atom is -0.396 e. The summed E-state index contributed by atoms with van der Waals surface area (Å²) in [7, 11) is 1.62. The van der Waals surface area contributed by atoms with Crippen LogP contribution >= 0.6 is 0 Å². The first-order valence-electron chi connectivity index (χ1n) is 8.22. The Bertz CT molecular complexity index is 1020. The second-order valence-electron chi connectivity index (χ2n) is 6.23. The number of imidazole rings is 2. The first kappa shape index (κ1) is 16.5. The van der Waals surface area contributed by atoms with Crippen molar-refractivity contribution in [2.75, 3.05) is 6.61 Å². The van der Waals surface area contributed by atoms with E-state index in [0.717, 1.165) is 12.1 Å². The molecule has 0 radical (unpaired) electrons. The Hall–Kier alpha value is -2.35. The Kier molecular flexibility index (Phi) is 4.08. The molecule has 0 bridgehead atoms. The predicted octanol–water partition coefficient (Wildman–Crippen LogP) is 0.811. The van der Waals surface area contributed by atoms with Crippen molar-refractivity contribution in [1.29, 1.82) is 0 Å². The lowest BCUT2D eigenvalue weighted by Crippen LogP contribution is -2.39. The molecule has 8 nitrogen and oxygen atoms in total. The molecule has 3 aromatic heterocycles. The van der Waals surface area contributed by atoms with Gasteiger partial charge in [-0.15, -0.1) is 0 Å². The number of aliphatic hydroxyl groups excluding tert-OH is 1. The summed E-state index contributed by atoms with van der Waals surface area (Å²) in [5.74, 6) is 0.670. The third kappa shape index (κ3) is 2.21. The summed E-state index contributed by atoms with van der Waals surface area (Å²) in [4.78, 5) is 29.9. The highest BCUT2D eigenvalue weighted by Gasteiger charge is 2.21. The first-order chi connectivity index (χ1) is 11.4. The molecule has 0 unspecified atom stereocenters. The van der Waals surface area contributed by atoms with Gasteiger partial charge >= 0.3 is 5.69 Å². The smallest absolute Gasteiger partial charge is 0.332 e. The van der Waals surface area contributed by atoms with Gasteiger partial charge < -0.3 is 9.67 Å². The summed E-state index contributed by atoms with van der Waals surface area (Å²) in [5.41, 5.74) is 1.03. The Balaban J connectivity index is 2.42. The average molecular weight is 333 g/mol. The summed E-state index contributed by atoms with van der Waals surface area (Å²) >= 11 is 0. The fourth-order valence-electron chi connectivity index (χ4n) is 3.18. The summed E-state index contributed by atoms with van der Waals surface area (Å²) in [6, 6.07) is 0.243. The van der Waals surface area contributed by atoms with Crippen molar-refractivity contribution in [2.45, 2.75) is 46.2 Å². The van der Waals surface area contributed by atoms with Crippen LogP contribution in [0.4, 0.5) is 0 Å². The molecule has 1 N–H and O–H groups in total. The number of nitrogens with zero attached hydrogens (tertiary/aromatic N) is 5. The number of aliphatic hydroxyl groups is 1. The summed E-state index contributed by atoms with van der Waals surface area (Å²) in [6.45, 7) is 6.31. The van der Waals surface area contributed by atoms with Gasteiger partial charge in [-0.05, 0) is 26.7 Å². The van der Waals surface area contributed by atoms with Gasteiger partial charge in [-0.2, -0.15) is 4.98 Å². The third-order valence-electron chi connectivity index (χ3n) is 4.64. The van der Waals surface area contributed by atoms with Gasteiger partial charge in [-0.1, -0.05) is 6.92 Å². The van der Waals surface area contributed by atoms with Crippen molar-refractivity contribution < 1.29 is 5.11 Å². The summed E-state index contributed by atoms with van der Waals surface area (Å²) < 4.78 is 6.43. The Morgan fingerprint density at radius 1 is 1.33 bits per heavy atom. The summed E-state index contributed by atoms with van der Waals surface area (Å²) in [6.07, 6.45) is 3.18. The zero-order valence-corrected chi connectivity index (χ0v) is 14.5. The van der Waals surface area contributed by atoms with E-state index < -0.39 is 5.69 Å². The number of aromatic nitrogens is 5. The molecule has 0 aliphatic rings. The zero-order chi connectivity index (χ0) is 17.6. The van der Waals surface area contributed by atoms with Crippen LogP contribution in [0.3, 0.4) is 0 Å². The zero-order valence-electron chi connectivity index (χ0n) is 14.5. The van der Waals surface area contributed by atoms with E-state index in [1.165, 1.54) is 9.13 Å². The van der Waals surface area contributed by atoms with E-state index in [9.17, 15) is 9.59 Å². The molecule has 3 rings (SSSR count). The molecule has 1 atom stereocenters. The lowest BCUT2D eigenvalue weighted by molar-refractivity contribution is 0.277. The maximum Gasteiger partial charge on any atom is 0.332 e. The van der Waals surface area contributed by atoms with Crippen LogP contribution in [0.5, 0.6) is 0 Å². The van der Waals surface area contributed by atoms with E-state index in [0.29, 0.717) is 23.4 Å². The van der Waals surface area contributed by atoms with Gasteiger partial charge in [0.05, 0.1) is 0 Å². The molecule has 0 aromatic carbocycles. The van der Waals surface area contributed by atoms with Crippen LogP contribution < -0.4 is 11.2 Å². The number of rotatable bonds is 5. The molecule has 24 heavy (non-hydrogen) atoms. The average Bonchev–Trinajstić information content (AvgIpc) is 3.06. The fourth-order valence-corrected chi connectivity index (χ4v) is 3.18. The van der Waals surface area contributed by atoms with Gasteiger partial charge in [0.15, 0.2) is 11.2 Å². The molecular weight excluding hydrogens is 310 g/mol. The van der Waals surface area contributed by atoms with Crippen molar-refractivity contribution in [3.8, 4) is 0 Å². The molecule has 0 fully saturated rings. The van der Waals surface area contributed by atoms with Gasteiger partial charge in [0.1, 0.15) is 0 Å². The van der Waals surface area contributed by atoms with E-state index in [-0.39, 0.29) is 24.8 Å². The molecule has 0 aliphatic carbocycles. The monoisotopic (exact) mass is 333 g/mol. The summed E-state index contributed by atoms with van der Waals surface area (Å²) in [5, 5.41) is 9.01. The predicted molar refractivity (Wildman–Crippen MR) is 91.6 cm³/mol. The highest BCUT2D eigenvalue weighted by molar-refractivity contribution is 5.75. The SMILES string of the molecule is CC[C@H](C)n1c(C)cn2c3c(=O)n(CCCO)c(=O)n(C)c3nc12. The van der Waals surface area contributed by atoms with Crippen LogP contribution in [-0.2, 0) is 13.6 Å². The number of fused-ring (bicyclic) bond motifs is 3. The molecule has 8 heteroatoms. The van der Waals surface area contributed by atoms with Crippen LogP contribution in [0.1, 0.15) is 38.4 Å². The Morgan fingerprint density at radius 2 is 2.04 bits per heavy atom. The van der Waals surface area contributed by atoms with E-state index in [2.05, 4.69) is 23.4 Å². The maximum absolute atomic E-state index is 12.8. The van der Waals surface area contributed by atoms with Gasteiger partial charge in [0.25, 0.3) is 5.56 Å². The second-order valence-corrected chi connectivity index (χ2v) is 6.23. The maximum atomic E-state index is 12.8. The van der Waals surface area contributed by atoms with Crippen molar-refractivity contribution in [2.24, 2.45) is 7.05 Å². The van der Waals surface area contributed by atoms with Gasteiger partial charge in [0, 0.05) is 38.1 Å². The van der Waals surface area contributed by atoms with Crippen molar-refractivity contribution >= 4 is 16.9 Å². The molecule has 0 spiro atoms. The quantitative estimate of drug-likeness (QED) is 0.749. The number of hydrogen-bond acceptors (Lipinski definition) is 4. The van der Waals surface area contributed by atoms with Crippen LogP contribution in [0.2, 0.25) is 0 Å². The molecule has 3 heterocycles. The van der Waals surface area contributed by atoms with Crippen LogP contribution in [-0.4, -0.2) is 34.8 Å².